The lowest BCUT2D eigenvalue weighted by Gasteiger charge is -2.32. The SMILES string of the molecule is CC1CN(C2CCCCC2)S(=O)(=O)CCO1. The van der Waals surface area contributed by atoms with Gasteiger partial charge in [0.1, 0.15) is 0 Å². The van der Waals surface area contributed by atoms with Crippen molar-refractivity contribution < 1.29 is 13.2 Å². The molecule has 1 atom stereocenters. The molecule has 2 fully saturated rings. The van der Waals surface area contributed by atoms with Crippen LogP contribution < -0.4 is 0 Å². The predicted octanol–water partition coefficient (Wildman–Crippen LogP) is 1.37. The Balaban J connectivity index is 2.13. The Morgan fingerprint density at radius 3 is 2.56 bits per heavy atom. The Hall–Kier alpha value is -0.130. The van der Waals surface area contributed by atoms with Crippen molar-refractivity contribution in [3.8, 4) is 0 Å². The predicted molar refractivity (Wildman–Crippen MR) is 62.8 cm³/mol. The van der Waals surface area contributed by atoms with Gasteiger partial charge in [0.25, 0.3) is 0 Å². The molecule has 2 aliphatic rings. The lowest BCUT2D eigenvalue weighted by molar-refractivity contribution is 0.0643. The zero-order chi connectivity index (χ0) is 11.6. The van der Waals surface area contributed by atoms with E-state index in [1.807, 2.05) is 6.92 Å². The quantitative estimate of drug-likeness (QED) is 0.703. The van der Waals surface area contributed by atoms with Crippen molar-refractivity contribution in [2.75, 3.05) is 18.9 Å². The maximum Gasteiger partial charge on any atom is 0.216 e. The van der Waals surface area contributed by atoms with E-state index in [4.69, 9.17) is 4.74 Å². The van der Waals surface area contributed by atoms with Gasteiger partial charge in [0.2, 0.25) is 10.0 Å². The van der Waals surface area contributed by atoms with Gasteiger partial charge in [0.05, 0.1) is 18.5 Å². The normalized spacial score (nSPS) is 33.4. The first-order valence-electron chi connectivity index (χ1n) is 6.21. The fourth-order valence-corrected chi connectivity index (χ4v) is 4.28. The summed E-state index contributed by atoms with van der Waals surface area (Å²) in [5, 5.41) is 0. The molecule has 0 amide bonds. The molecule has 0 N–H and O–H groups in total. The van der Waals surface area contributed by atoms with Crippen LogP contribution in [0.1, 0.15) is 39.0 Å². The van der Waals surface area contributed by atoms with E-state index in [2.05, 4.69) is 0 Å². The molecule has 1 aliphatic heterocycles. The summed E-state index contributed by atoms with van der Waals surface area (Å²) in [4.78, 5) is 0. The number of ether oxygens (including phenoxy) is 1. The first kappa shape index (κ1) is 12.3. The van der Waals surface area contributed by atoms with Crippen LogP contribution in [-0.2, 0) is 14.8 Å². The summed E-state index contributed by atoms with van der Waals surface area (Å²) in [5.41, 5.74) is 0. The lowest BCUT2D eigenvalue weighted by atomic mass is 9.95. The molecule has 0 bridgehead atoms. The summed E-state index contributed by atoms with van der Waals surface area (Å²) < 4.78 is 31.3. The lowest BCUT2D eigenvalue weighted by Crippen LogP contribution is -2.44. The first-order valence-corrected chi connectivity index (χ1v) is 7.81. The largest absolute Gasteiger partial charge is 0.376 e. The number of nitrogens with zero attached hydrogens (tertiary/aromatic N) is 1. The van der Waals surface area contributed by atoms with Crippen LogP contribution in [0.2, 0.25) is 0 Å². The van der Waals surface area contributed by atoms with E-state index in [-0.39, 0.29) is 17.9 Å². The zero-order valence-corrected chi connectivity index (χ0v) is 10.7. The Kier molecular flexibility index (Phi) is 3.87. The second-order valence-corrected chi connectivity index (χ2v) is 6.90. The number of rotatable bonds is 1. The van der Waals surface area contributed by atoms with Crippen LogP contribution in [0, 0.1) is 0 Å². The standard InChI is InChI=1S/C11H21NO3S/c1-10-9-12(11-5-3-2-4-6-11)16(13,14)8-7-15-10/h10-11H,2-9H2,1H3. The van der Waals surface area contributed by atoms with Gasteiger partial charge >= 0.3 is 0 Å². The molecular formula is C11H21NO3S. The maximum absolute atomic E-state index is 12.1. The second-order valence-electron chi connectivity index (χ2n) is 4.86. The second kappa shape index (κ2) is 5.02. The van der Waals surface area contributed by atoms with Crippen molar-refractivity contribution in [1.82, 2.24) is 4.31 Å². The highest BCUT2D eigenvalue weighted by atomic mass is 32.2. The molecule has 4 nitrogen and oxygen atoms in total. The van der Waals surface area contributed by atoms with Gasteiger partial charge in [-0.15, -0.1) is 0 Å². The molecule has 0 aromatic carbocycles. The Morgan fingerprint density at radius 1 is 1.19 bits per heavy atom. The Labute approximate surface area is 98.0 Å². The highest BCUT2D eigenvalue weighted by Gasteiger charge is 2.34. The smallest absolute Gasteiger partial charge is 0.216 e. The molecule has 0 aromatic heterocycles. The summed E-state index contributed by atoms with van der Waals surface area (Å²) in [5.74, 6) is 0.147. The molecule has 1 unspecified atom stereocenters. The van der Waals surface area contributed by atoms with Crippen LogP contribution in [0.5, 0.6) is 0 Å². The van der Waals surface area contributed by atoms with E-state index in [1.54, 1.807) is 4.31 Å². The van der Waals surface area contributed by atoms with Gasteiger partial charge in [-0.05, 0) is 19.8 Å². The fraction of sp³-hybridized carbons (Fsp3) is 1.00. The van der Waals surface area contributed by atoms with Gasteiger partial charge in [-0.1, -0.05) is 19.3 Å². The van der Waals surface area contributed by atoms with E-state index in [0.29, 0.717) is 13.2 Å². The summed E-state index contributed by atoms with van der Waals surface area (Å²) in [6, 6.07) is 0.225. The van der Waals surface area contributed by atoms with Gasteiger partial charge in [-0.25, -0.2) is 8.42 Å². The van der Waals surface area contributed by atoms with E-state index in [1.165, 1.54) is 6.42 Å². The van der Waals surface area contributed by atoms with Gasteiger partial charge in [-0.3, -0.25) is 0 Å². The van der Waals surface area contributed by atoms with Gasteiger partial charge in [0, 0.05) is 12.6 Å². The first-order chi connectivity index (χ1) is 7.59. The third-order valence-corrected chi connectivity index (χ3v) is 5.36. The van der Waals surface area contributed by atoms with E-state index < -0.39 is 10.0 Å². The fourth-order valence-electron chi connectivity index (χ4n) is 2.64. The maximum atomic E-state index is 12.1. The molecule has 1 heterocycles. The average Bonchev–Trinajstić information content (AvgIpc) is 2.39. The molecule has 0 aromatic rings. The molecule has 0 radical (unpaired) electrons. The van der Waals surface area contributed by atoms with Crippen molar-refractivity contribution in [3.63, 3.8) is 0 Å². The number of sulfonamides is 1. The molecule has 16 heavy (non-hydrogen) atoms. The van der Waals surface area contributed by atoms with Crippen LogP contribution in [0.15, 0.2) is 0 Å². The van der Waals surface area contributed by atoms with Crippen molar-refractivity contribution in [1.29, 1.82) is 0 Å². The molecule has 1 aliphatic carbocycles. The zero-order valence-electron chi connectivity index (χ0n) is 9.89. The molecule has 0 spiro atoms. The molecular weight excluding hydrogens is 226 g/mol. The minimum absolute atomic E-state index is 0.0270. The Morgan fingerprint density at radius 2 is 1.88 bits per heavy atom. The highest BCUT2D eigenvalue weighted by Crippen LogP contribution is 2.26. The molecule has 2 rings (SSSR count). The summed E-state index contributed by atoms with van der Waals surface area (Å²) in [6.07, 6.45) is 5.63. The van der Waals surface area contributed by atoms with Crippen molar-refractivity contribution in [3.05, 3.63) is 0 Å². The van der Waals surface area contributed by atoms with E-state index in [0.717, 1.165) is 25.7 Å². The third kappa shape index (κ3) is 2.76. The van der Waals surface area contributed by atoms with Crippen LogP contribution in [0.3, 0.4) is 0 Å². The molecule has 94 valence electrons. The minimum Gasteiger partial charge on any atom is -0.376 e. The van der Waals surface area contributed by atoms with E-state index >= 15 is 0 Å². The van der Waals surface area contributed by atoms with Crippen molar-refractivity contribution >= 4 is 10.0 Å². The molecule has 1 saturated carbocycles. The molecule has 5 heteroatoms. The summed E-state index contributed by atoms with van der Waals surface area (Å²) >= 11 is 0. The average molecular weight is 247 g/mol. The summed E-state index contributed by atoms with van der Waals surface area (Å²) in [6.45, 7) is 2.83. The number of hydrogen-bond donors (Lipinski definition) is 0. The van der Waals surface area contributed by atoms with Crippen molar-refractivity contribution in [2.45, 2.75) is 51.2 Å². The minimum atomic E-state index is -3.08. The van der Waals surface area contributed by atoms with Crippen LogP contribution in [0.25, 0.3) is 0 Å². The summed E-state index contributed by atoms with van der Waals surface area (Å²) in [7, 11) is -3.08. The topological polar surface area (TPSA) is 46.6 Å². The Bertz CT molecular complexity index is 322. The van der Waals surface area contributed by atoms with Gasteiger partial charge in [-0.2, -0.15) is 4.31 Å². The van der Waals surface area contributed by atoms with E-state index in [9.17, 15) is 8.42 Å². The molecule has 1 saturated heterocycles. The highest BCUT2D eigenvalue weighted by molar-refractivity contribution is 7.89. The van der Waals surface area contributed by atoms with Crippen LogP contribution in [-0.4, -0.2) is 43.8 Å². The van der Waals surface area contributed by atoms with Crippen LogP contribution >= 0.6 is 0 Å². The third-order valence-electron chi connectivity index (χ3n) is 3.52. The van der Waals surface area contributed by atoms with Gasteiger partial charge in [0.15, 0.2) is 0 Å². The van der Waals surface area contributed by atoms with Gasteiger partial charge < -0.3 is 4.74 Å². The van der Waals surface area contributed by atoms with Crippen LogP contribution in [0.4, 0.5) is 0 Å². The number of hydrogen-bond acceptors (Lipinski definition) is 3. The van der Waals surface area contributed by atoms with Crippen molar-refractivity contribution in [2.24, 2.45) is 0 Å². The monoisotopic (exact) mass is 247 g/mol.